The van der Waals surface area contributed by atoms with Gasteiger partial charge < -0.3 is 15.4 Å². The second kappa shape index (κ2) is 7.87. The molecule has 0 radical (unpaired) electrons. The molecule has 0 atom stereocenters. The van der Waals surface area contributed by atoms with Gasteiger partial charge in [-0.25, -0.2) is 0 Å². The zero-order valence-corrected chi connectivity index (χ0v) is 13.4. The Balaban J connectivity index is 1.77. The monoisotopic (exact) mass is 330 g/mol. The molecule has 21 heavy (non-hydrogen) atoms. The molecule has 1 aliphatic heterocycles. The van der Waals surface area contributed by atoms with Crippen molar-refractivity contribution in [2.45, 2.75) is 19.3 Å². The van der Waals surface area contributed by atoms with E-state index in [1.165, 1.54) is 0 Å². The summed E-state index contributed by atoms with van der Waals surface area (Å²) in [5.41, 5.74) is 5.41. The summed E-state index contributed by atoms with van der Waals surface area (Å²) in [5, 5.41) is 1.14. The molecule has 1 aromatic rings. The van der Waals surface area contributed by atoms with Crippen LogP contribution < -0.4 is 10.5 Å². The van der Waals surface area contributed by atoms with Gasteiger partial charge in [-0.05, 0) is 37.0 Å². The van der Waals surface area contributed by atoms with E-state index < -0.39 is 0 Å². The van der Waals surface area contributed by atoms with E-state index in [1.54, 1.807) is 18.2 Å². The fourth-order valence-corrected chi connectivity index (χ4v) is 2.96. The van der Waals surface area contributed by atoms with E-state index in [9.17, 15) is 4.79 Å². The normalized spacial score (nSPS) is 16.0. The minimum absolute atomic E-state index is 0.151. The number of carbonyl (C=O) groups excluding carboxylic acids is 1. The van der Waals surface area contributed by atoms with Crippen LogP contribution in [-0.2, 0) is 4.79 Å². The van der Waals surface area contributed by atoms with Gasteiger partial charge in [-0.1, -0.05) is 23.2 Å². The molecule has 1 heterocycles. The largest absolute Gasteiger partial charge is 0.493 e. The summed E-state index contributed by atoms with van der Waals surface area (Å²) >= 11 is 11.9. The lowest BCUT2D eigenvalue weighted by atomic mass is 9.97. The van der Waals surface area contributed by atoms with Crippen molar-refractivity contribution >= 4 is 29.1 Å². The molecular formula is C15H20Cl2N2O2. The number of piperidine rings is 1. The third kappa shape index (κ3) is 5.06. The molecule has 2 rings (SSSR count). The number of likely N-dealkylation sites (tertiary alicyclic amines) is 1. The van der Waals surface area contributed by atoms with E-state index in [2.05, 4.69) is 0 Å². The summed E-state index contributed by atoms with van der Waals surface area (Å²) in [5.74, 6) is 1.29. The molecule has 6 heteroatoms. The maximum absolute atomic E-state index is 11.7. The number of hydrogen-bond donors (Lipinski definition) is 1. The standard InChI is InChI=1S/C15H20Cl2N2O2/c16-12-7-13(17)9-14(8-12)21-10-11-2-5-19(6-3-11)15(20)1-4-18/h7-9,11H,1-6,10,18H2. The molecule has 1 saturated heterocycles. The molecule has 2 N–H and O–H groups in total. The smallest absolute Gasteiger partial charge is 0.223 e. The highest BCUT2D eigenvalue weighted by Gasteiger charge is 2.22. The van der Waals surface area contributed by atoms with Gasteiger partial charge in [0.2, 0.25) is 5.91 Å². The van der Waals surface area contributed by atoms with Crippen molar-refractivity contribution in [3.05, 3.63) is 28.2 Å². The lowest BCUT2D eigenvalue weighted by molar-refractivity contribution is -0.132. The molecule has 0 aromatic heterocycles. The number of benzene rings is 1. The van der Waals surface area contributed by atoms with Crippen LogP contribution in [0, 0.1) is 5.92 Å². The van der Waals surface area contributed by atoms with Crippen molar-refractivity contribution in [2.75, 3.05) is 26.2 Å². The second-order valence-electron chi connectivity index (χ2n) is 5.28. The zero-order chi connectivity index (χ0) is 15.2. The van der Waals surface area contributed by atoms with Crippen LogP contribution in [0.3, 0.4) is 0 Å². The third-order valence-corrected chi connectivity index (χ3v) is 4.08. The molecule has 1 aliphatic rings. The van der Waals surface area contributed by atoms with Crippen molar-refractivity contribution < 1.29 is 9.53 Å². The predicted molar refractivity (Wildman–Crippen MR) is 84.9 cm³/mol. The summed E-state index contributed by atoms with van der Waals surface area (Å²) in [6.07, 6.45) is 2.33. The Morgan fingerprint density at radius 1 is 1.24 bits per heavy atom. The van der Waals surface area contributed by atoms with E-state index in [1.807, 2.05) is 4.90 Å². The highest BCUT2D eigenvalue weighted by atomic mass is 35.5. The molecule has 0 unspecified atom stereocenters. The van der Waals surface area contributed by atoms with Gasteiger partial charge in [0.05, 0.1) is 6.61 Å². The summed E-state index contributed by atoms with van der Waals surface area (Å²) in [7, 11) is 0. The van der Waals surface area contributed by atoms with Gasteiger partial charge in [0.1, 0.15) is 5.75 Å². The number of halogens is 2. The van der Waals surface area contributed by atoms with Crippen molar-refractivity contribution in [3.63, 3.8) is 0 Å². The Hall–Kier alpha value is -0.970. The van der Waals surface area contributed by atoms with Gasteiger partial charge >= 0.3 is 0 Å². The molecule has 116 valence electrons. The van der Waals surface area contributed by atoms with Gasteiger partial charge in [-0.15, -0.1) is 0 Å². The molecule has 0 aliphatic carbocycles. The fourth-order valence-electron chi connectivity index (χ4n) is 2.46. The Bertz CT molecular complexity index is 468. The van der Waals surface area contributed by atoms with Crippen LogP contribution >= 0.6 is 23.2 Å². The van der Waals surface area contributed by atoms with E-state index in [0.29, 0.717) is 41.3 Å². The number of nitrogens with two attached hydrogens (primary N) is 1. The van der Waals surface area contributed by atoms with Crippen LogP contribution in [0.2, 0.25) is 10.0 Å². The number of ether oxygens (including phenoxy) is 1. The lowest BCUT2D eigenvalue weighted by Gasteiger charge is -2.32. The summed E-state index contributed by atoms with van der Waals surface area (Å²) in [4.78, 5) is 13.6. The van der Waals surface area contributed by atoms with Crippen LogP contribution in [0.4, 0.5) is 0 Å². The summed E-state index contributed by atoms with van der Waals surface area (Å²) in [6, 6.07) is 5.19. The highest BCUT2D eigenvalue weighted by Crippen LogP contribution is 2.26. The Morgan fingerprint density at radius 3 is 2.43 bits per heavy atom. The zero-order valence-electron chi connectivity index (χ0n) is 11.9. The van der Waals surface area contributed by atoms with Crippen LogP contribution in [0.25, 0.3) is 0 Å². The maximum atomic E-state index is 11.7. The van der Waals surface area contributed by atoms with Crippen molar-refractivity contribution in [2.24, 2.45) is 11.7 Å². The van der Waals surface area contributed by atoms with Gasteiger partial charge in [-0.3, -0.25) is 4.79 Å². The average Bonchev–Trinajstić information content (AvgIpc) is 2.45. The average molecular weight is 331 g/mol. The van der Waals surface area contributed by atoms with Crippen LogP contribution in [-0.4, -0.2) is 37.0 Å². The molecular weight excluding hydrogens is 311 g/mol. The van der Waals surface area contributed by atoms with E-state index in [0.717, 1.165) is 25.9 Å². The van der Waals surface area contributed by atoms with Crippen LogP contribution in [0.15, 0.2) is 18.2 Å². The Kier molecular flexibility index (Phi) is 6.15. The second-order valence-corrected chi connectivity index (χ2v) is 6.15. The minimum atomic E-state index is 0.151. The van der Waals surface area contributed by atoms with Crippen molar-refractivity contribution in [3.8, 4) is 5.75 Å². The number of amides is 1. The first kappa shape index (κ1) is 16.4. The number of rotatable bonds is 5. The van der Waals surface area contributed by atoms with Gasteiger partial charge in [0.25, 0.3) is 0 Å². The molecule has 1 fully saturated rings. The van der Waals surface area contributed by atoms with Crippen molar-refractivity contribution in [1.82, 2.24) is 4.90 Å². The minimum Gasteiger partial charge on any atom is -0.493 e. The molecule has 1 amide bonds. The van der Waals surface area contributed by atoms with E-state index >= 15 is 0 Å². The molecule has 0 saturated carbocycles. The van der Waals surface area contributed by atoms with Crippen LogP contribution in [0.5, 0.6) is 5.75 Å². The number of carbonyl (C=O) groups is 1. The first-order valence-electron chi connectivity index (χ1n) is 7.15. The molecule has 4 nitrogen and oxygen atoms in total. The summed E-state index contributed by atoms with van der Waals surface area (Å²) in [6.45, 7) is 2.60. The van der Waals surface area contributed by atoms with Gasteiger partial charge in [0, 0.05) is 36.1 Å². The third-order valence-electron chi connectivity index (χ3n) is 3.65. The number of nitrogens with zero attached hydrogens (tertiary/aromatic N) is 1. The topological polar surface area (TPSA) is 55.6 Å². The Morgan fingerprint density at radius 2 is 1.86 bits per heavy atom. The van der Waals surface area contributed by atoms with Gasteiger partial charge in [0.15, 0.2) is 0 Å². The molecule has 0 bridgehead atoms. The first-order valence-corrected chi connectivity index (χ1v) is 7.91. The predicted octanol–water partition coefficient (Wildman–Crippen LogP) is 2.96. The van der Waals surface area contributed by atoms with Gasteiger partial charge in [-0.2, -0.15) is 0 Å². The van der Waals surface area contributed by atoms with E-state index in [4.69, 9.17) is 33.7 Å². The van der Waals surface area contributed by atoms with Crippen LogP contribution in [0.1, 0.15) is 19.3 Å². The fraction of sp³-hybridized carbons (Fsp3) is 0.533. The van der Waals surface area contributed by atoms with Crippen molar-refractivity contribution in [1.29, 1.82) is 0 Å². The molecule has 0 spiro atoms. The number of hydrogen-bond acceptors (Lipinski definition) is 3. The van der Waals surface area contributed by atoms with E-state index in [-0.39, 0.29) is 5.91 Å². The SMILES string of the molecule is NCCC(=O)N1CCC(COc2cc(Cl)cc(Cl)c2)CC1. The first-order chi connectivity index (χ1) is 10.1. The lowest BCUT2D eigenvalue weighted by Crippen LogP contribution is -2.40. The Labute approximate surface area is 135 Å². The highest BCUT2D eigenvalue weighted by molar-refractivity contribution is 6.34. The maximum Gasteiger partial charge on any atom is 0.223 e. The summed E-state index contributed by atoms with van der Waals surface area (Å²) < 4.78 is 5.76. The molecule has 1 aromatic carbocycles. The quantitative estimate of drug-likeness (QED) is 0.902.